The van der Waals surface area contributed by atoms with Gasteiger partial charge in [0.05, 0.1) is 16.0 Å². The molecule has 4 aliphatic rings. The summed E-state index contributed by atoms with van der Waals surface area (Å²) in [6.45, 7) is 4.24. The van der Waals surface area contributed by atoms with E-state index in [2.05, 4.69) is 29.8 Å². The lowest BCUT2D eigenvalue weighted by Gasteiger charge is -2.65. The molecule has 5 nitrogen and oxygen atoms in total. The number of hydrogen-bond donors (Lipinski definition) is 3. The van der Waals surface area contributed by atoms with Gasteiger partial charge < -0.3 is 15.3 Å². The highest BCUT2D eigenvalue weighted by Gasteiger charge is 2.71. The number of alkyl halides is 1. The van der Waals surface area contributed by atoms with Gasteiger partial charge in [-0.05, 0) is 62.9 Å². The fourth-order valence-electron chi connectivity index (χ4n) is 7.39. The molecule has 0 saturated heterocycles. The molecular weight excluding hydrogens is 424 g/mol. The van der Waals surface area contributed by atoms with Crippen molar-refractivity contribution in [2.24, 2.45) is 22.7 Å². The Morgan fingerprint density at radius 2 is 1.93 bits per heavy atom. The van der Waals surface area contributed by atoms with Crippen LogP contribution in [0.15, 0.2) is 11.6 Å². The molecule has 156 valence electrons. The quantitative estimate of drug-likeness (QED) is 0.566. The molecule has 3 N–H and O–H groups in total. The second-order valence-corrected chi connectivity index (χ2v) is 11.4. The Hall–Kier alpha value is -0.720. The van der Waals surface area contributed by atoms with Crippen LogP contribution >= 0.6 is 15.9 Å². The Balaban J connectivity index is 1.72. The van der Waals surface area contributed by atoms with Crippen LogP contribution < -0.4 is 0 Å². The van der Waals surface area contributed by atoms with E-state index in [9.17, 15) is 19.8 Å². The van der Waals surface area contributed by atoms with Crippen molar-refractivity contribution in [1.29, 1.82) is 0 Å². The van der Waals surface area contributed by atoms with Gasteiger partial charge in [0.2, 0.25) is 0 Å². The lowest BCUT2D eigenvalue weighted by atomic mass is 9.45. The van der Waals surface area contributed by atoms with Crippen LogP contribution in [0, 0.1) is 22.7 Å². The number of aliphatic carboxylic acids is 1. The molecular formula is C22H31BrO5. The van der Waals surface area contributed by atoms with E-state index in [0.717, 1.165) is 31.3 Å². The molecule has 28 heavy (non-hydrogen) atoms. The first-order chi connectivity index (χ1) is 13.0. The normalized spacial score (nSPS) is 50.4. The van der Waals surface area contributed by atoms with Gasteiger partial charge in [-0.3, -0.25) is 9.59 Å². The van der Waals surface area contributed by atoms with E-state index in [0.29, 0.717) is 19.3 Å². The monoisotopic (exact) mass is 454 g/mol. The van der Waals surface area contributed by atoms with Gasteiger partial charge in [0.15, 0.2) is 5.78 Å². The molecule has 0 aromatic heterocycles. The van der Waals surface area contributed by atoms with Crippen molar-refractivity contribution in [1.82, 2.24) is 0 Å². The summed E-state index contributed by atoms with van der Waals surface area (Å²) in [6.07, 6.45) is 6.21. The van der Waals surface area contributed by atoms with Gasteiger partial charge in [-0.15, -0.1) is 0 Å². The molecule has 6 heteroatoms. The summed E-state index contributed by atoms with van der Waals surface area (Å²) in [5.41, 5.74) is -0.665. The molecule has 0 radical (unpaired) electrons. The predicted molar refractivity (Wildman–Crippen MR) is 108 cm³/mol. The molecule has 0 spiro atoms. The number of hydrogen-bond acceptors (Lipinski definition) is 4. The maximum atomic E-state index is 12.0. The van der Waals surface area contributed by atoms with Crippen LogP contribution in [-0.4, -0.2) is 43.1 Å². The first-order valence-electron chi connectivity index (χ1n) is 10.5. The third-order valence-electron chi connectivity index (χ3n) is 9.12. The van der Waals surface area contributed by atoms with Crippen molar-refractivity contribution in [3.05, 3.63) is 11.6 Å². The molecule has 3 fully saturated rings. The van der Waals surface area contributed by atoms with Crippen LogP contribution in [-0.2, 0) is 9.59 Å². The van der Waals surface area contributed by atoms with Gasteiger partial charge in [-0.2, -0.15) is 0 Å². The van der Waals surface area contributed by atoms with E-state index in [1.807, 2.05) is 0 Å². The van der Waals surface area contributed by atoms with Gasteiger partial charge in [-0.25, -0.2) is 0 Å². The molecule has 0 aromatic rings. The third kappa shape index (κ3) is 2.50. The Morgan fingerprint density at radius 1 is 1.21 bits per heavy atom. The van der Waals surface area contributed by atoms with Crippen molar-refractivity contribution < 1.29 is 24.9 Å². The minimum atomic E-state index is -1.05. The molecule has 4 aliphatic carbocycles. The highest BCUT2D eigenvalue weighted by atomic mass is 79.9. The van der Waals surface area contributed by atoms with Crippen molar-refractivity contribution in [3.63, 3.8) is 0 Å². The largest absolute Gasteiger partial charge is 0.481 e. The molecule has 7 atom stereocenters. The van der Waals surface area contributed by atoms with E-state index in [1.165, 1.54) is 0 Å². The topological polar surface area (TPSA) is 94.8 Å². The van der Waals surface area contributed by atoms with E-state index in [-0.39, 0.29) is 35.9 Å². The number of fused-ring (bicyclic) bond motifs is 5. The number of carbonyl (C=O) groups excluding carboxylic acids is 1. The number of carboxylic acid groups (broad SMARTS) is 1. The average molecular weight is 455 g/mol. The zero-order chi connectivity index (χ0) is 20.5. The van der Waals surface area contributed by atoms with Crippen molar-refractivity contribution >= 4 is 27.7 Å². The van der Waals surface area contributed by atoms with Crippen LogP contribution in [0.1, 0.15) is 71.6 Å². The highest BCUT2D eigenvalue weighted by Crippen LogP contribution is 2.71. The van der Waals surface area contributed by atoms with E-state index in [1.54, 1.807) is 6.08 Å². The first kappa shape index (κ1) is 20.5. The van der Waals surface area contributed by atoms with E-state index < -0.39 is 27.4 Å². The highest BCUT2D eigenvalue weighted by molar-refractivity contribution is 9.10. The number of allylic oxidation sites excluding steroid dienone is 1. The molecule has 3 saturated carbocycles. The van der Waals surface area contributed by atoms with Crippen LogP contribution in [0.3, 0.4) is 0 Å². The Labute approximate surface area is 174 Å². The zero-order valence-electron chi connectivity index (χ0n) is 16.7. The fraction of sp³-hybridized carbons (Fsp3) is 0.818. The second kappa shape index (κ2) is 6.39. The summed E-state index contributed by atoms with van der Waals surface area (Å²) >= 11 is 4.04. The number of ketones is 1. The van der Waals surface area contributed by atoms with Gasteiger partial charge in [0.1, 0.15) is 0 Å². The summed E-state index contributed by atoms with van der Waals surface area (Å²) in [5.74, 6) is -0.292. The summed E-state index contributed by atoms with van der Waals surface area (Å²) in [7, 11) is 0. The Bertz CT molecular complexity index is 749. The SMILES string of the molecule is C[C@]12CCC(=O)C=C1CC[C@H]1[C@@H]3CC[C@@](O)(CCC(=O)O)[C@@]3(C)C[C@H](O)[C@@]12Br. The van der Waals surface area contributed by atoms with Crippen LogP contribution in [0.5, 0.6) is 0 Å². The van der Waals surface area contributed by atoms with Crippen molar-refractivity contribution in [3.8, 4) is 0 Å². The van der Waals surface area contributed by atoms with Gasteiger partial charge in [0, 0.05) is 23.7 Å². The van der Waals surface area contributed by atoms with E-state index in [4.69, 9.17) is 5.11 Å². The summed E-state index contributed by atoms with van der Waals surface area (Å²) in [6, 6.07) is 0. The summed E-state index contributed by atoms with van der Waals surface area (Å²) in [4.78, 5) is 23.1. The standard InChI is InChI=1S/C22H31BrO5/c1-19-8-5-14(24)11-13(19)3-4-16-15-6-9-21(28,10-7-18(26)27)20(15,2)12-17(25)22(16,19)23/h11,15-17,25,28H,3-10,12H2,1-2H3,(H,26,27)/t15-,16-,17-,19-,20-,21+,22-/m0/s1. The fourth-order valence-corrected chi connectivity index (χ4v) is 8.55. The Morgan fingerprint density at radius 3 is 2.61 bits per heavy atom. The molecule has 0 aliphatic heterocycles. The minimum Gasteiger partial charge on any atom is -0.481 e. The molecule has 0 amide bonds. The molecule has 4 rings (SSSR count). The lowest BCUT2D eigenvalue weighted by Crippen LogP contribution is -2.67. The van der Waals surface area contributed by atoms with Crippen LogP contribution in [0.4, 0.5) is 0 Å². The molecule has 0 bridgehead atoms. The molecule has 0 heterocycles. The maximum absolute atomic E-state index is 12.0. The summed E-state index contributed by atoms with van der Waals surface area (Å²) in [5, 5.41) is 32.1. The number of halogens is 1. The number of carbonyl (C=O) groups is 2. The number of carboxylic acids is 1. The number of aliphatic hydroxyl groups is 2. The number of rotatable bonds is 3. The van der Waals surface area contributed by atoms with Gasteiger partial charge in [0.25, 0.3) is 0 Å². The Kier molecular flexibility index (Phi) is 4.69. The predicted octanol–water partition coefficient (Wildman–Crippen LogP) is 3.60. The second-order valence-electron chi connectivity index (χ2n) is 10.1. The van der Waals surface area contributed by atoms with Crippen LogP contribution in [0.25, 0.3) is 0 Å². The van der Waals surface area contributed by atoms with Crippen molar-refractivity contribution in [2.45, 2.75) is 87.7 Å². The minimum absolute atomic E-state index is 0.0499. The molecule has 0 aromatic carbocycles. The molecule has 0 unspecified atom stereocenters. The smallest absolute Gasteiger partial charge is 0.303 e. The first-order valence-corrected chi connectivity index (χ1v) is 11.3. The van der Waals surface area contributed by atoms with Gasteiger partial charge in [-0.1, -0.05) is 35.4 Å². The number of aliphatic hydroxyl groups excluding tert-OH is 1. The van der Waals surface area contributed by atoms with E-state index >= 15 is 0 Å². The lowest BCUT2D eigenvalue weighted by molar-refractivity contribution is -0.163. The zero-order valence-corrected chi connectivity index (χ0v) is 18.3. The third-order valence-corrected chi connectivity index (χ3v) is 11.1. The van der Waals surface area contributed by atoms with Crippen molar-refractivity contribution in [2.75, 3.05) is 0 Å². The van der Waals surface area contributed by atoms with Gasteiger partial charge >= 0.3 is 5.97 Å². The van der Waals surface area contributed by atoms with Crippen LogP contribution in [0.2, 0.25) is 0 Å². The average Bonchev–Trinajstić information content (AvgIpc) is 2.87. The summed E-state index contributed by atoms with van der Waals surface area (Å²) < 4.78 is -0.507. The maximum Gasteiger partial charge on any atom is 0.303 e.